The number of unbranched alkanes of at least 4 members (excludes halogenated alkanes) is 2. The number of carbonyl (C=O) groups excluding carboxylic acids is 1. The first-order chi connectivity index (χ1) is 18.7. The molecule has 2 aromatic heterocycles. The minimum atomic E-state index is 0.462. The van der Waals surface area contributed by atoms with Gasteiger partial charge in [0, 0.05) is 30.8 Å². The highest BCUT2D eigenvalue weighted by atomic mass is 32.1. The molecule has 3 aromatic rings. The zero-order chi connectivity index (χ0) is 27.0. The molecule has 1 aliphatic heterocycles. The fourth-order valence-corrected chi connectivity index (χ4v) is 5.27. The van der Waals surface area contributed by atoms with Crippen LogP contribution in [0.2, 0.25) is 0 Å². The Morgan fingerprint density at radius 3 is 2.71 bits per heavy atom. The number of anilines is 2. The summed E-state index contributed by atoms with van der Waals surface area (Å²) in [4.78, 5) is 22.1. The Morgan fingerprint density at radius 2 is 1.95 bits per heavy atom. The summed E-state index contributed by atoms with van der Waals surface area (Å²) in [5.41, 5.74) is 9.70. The highest BCUT2D eigenvalue weighted by molar-refractivity contribution is 7.13. The molecule has 0 aliphatic carbocycles. The first-order valence-corrected chi connectivity index (χ1v) is 14.4. The molecule has 0 spiro atoms. The first-order valence-electron chi connectivity index (χ1n) is 13.5. The van der Waals surface area contributed by atoms with Crippen LogP contribution in [0, 0.1) is 0 Å². The standard InChI is InChI=1S/C28H37N5O2S.CH4O/c29-25-18-22(8-7-16-33-14-4-2-5-15-33)9-10-26(25)35-17-6-1-3-12-30-27-19-23(11-13-31-27)28-32-24(20-34)21-36-28;1-2/h9-11,13,18-21H,1-8,12,14-17,29H2,(H,30,31);2H,1H3. The Bertz CT molecular complexity index is 1100. The Kier molecular flexibility index (Phi) is 13.0. The molecule has 4 rings (SSSR count). The van der Waals surface area contributed by atoms with Crippen molar-refractivity contribution >= 4 is 29.1 Å². The molecule has 0 saturated carbocycles. The number of aliphatic hydroxyl groups is 1. The van der Waals surface area contributed by atoms with Gasteiger partial charge in [0.25, 0.3) is 0 Å². The molecule has 0 amide bonds. The van der Waals surface area contributed by atoms with Gasteiger partial charge in [-0.25, -0.2) is 9.97 Å². The van der Waals surface area contributed by atoms with Gasteiger partial charge in [0.2, 0.25) is 0 Å². The summed E-state index contributed by atoms with van der Waals surface area (Å²) in [7, 11) is 1.00. The number of likely N-dealkylation sites (tertiary alicyclic amines) is 1. The third-order valence-electron chi connectivity index (χ3n) is 6.50. The van der Waals surface area contributed by atoms with Crippen molar-refractivity contribution in [1.82, 2.24) is 14.9 Å². The molecule has 0 radical (unpaired) electrons. The second kappa shape index (κ2) is 16.8. The van der Waals surface area contributed by atoms with Crippen molar-refractivity contribution in [3.8, 4) is 16.3 Å². The predicted octanol–water partition coefficient (Wildman–Crippen LogP) is 5.29. The molecule has 0 bridgehead atoms. The topological polar surface area (TPSA) is 114 Å². The molecular weight excluding hydrogens is 498 g/mol. The van der Waals surface area contributed by atoms with Crippen molar-refractivity contribution in [3.05, 3.63) is 53.2 Å². The van der Waals surface area contributed by atoms with Crippen molar-refractivity contribution in [1.29, 1.82) is 0 Å². The summed E-state index contributed by atoms with van der Waals surface area (Å²) in [5, 5.41) is 13.0. The maximum absolute atomic E-state index is 10.9. The van der Waals surface area contributed by atoms with E-state index in [0.717, 1.165) is 73.4 Å². The van der Waals surface area contributed by atoms with Crippen LogP contribution in [0.15, 0.2) is 41.9 Å². The van der Waals surface area contributed by atoms with Crippen LogP contribution in [0.5, 0.6) is 5.75 Å². The van der Waals surface area contributed by atoms with Crippen LogP contribution in [0.25, 0.3) is 10.6 Å². The number of aryl methyl sites for hydroxylation is 1. The van der Waals surface area contributed by atoms with E-state index >= 15 is 0 Å². The molecule has 1 fully saturated rings. The molecule has 0 unspecified atom stereocenters. The lowest BCUT2D eigenvalue weighted by atomic mass is 10.1. The number of hydrogen-bond acceptors (Lipinski definition) is 9. The minimum absolute atomic E-state index is 0.462. The number of nitrogens with zero attached hydrogens (tertiary/aromatic N) is 3. The number of piperidine rings is 1. The van der Waals surface area contributed by atoms with Crippen LogP contribution in [0.4, 0.5) is 11.5 Å². The Morgan fingerprint density at radius 1 is 1.11 bits per heavy atom. The Labute approximate surface area is 230 Å². The molecule has 1 saturated heterocycles. The van der Waals surface area contributed by atoms with Gasteiger partial charge in [-0.05, 0) is 94.4 Å². The highest BCUT2D eigenvalue weighted by Crippen LogP contribution is 2.25. The van der Waals surface area contributed by atoms with E-state index in [1.807, 2.05) is 18.2 Å². The second-order valence-corrected chi connectivity index (χ2v) is 10.2. The number of hydrogen-bond donors (Lipinski definition) is 3. The van der Waals surface area contributed by atoms with Crippen molar-refractivity contribution < 1.29 is 14.6 Å². The number of aliphatic hydroxyl groups excluding tert-OH is 1. The number of nitrogens with one attached hydrogen (secondary N) is 1. The maximum atomic E-state index is 10.9. The SMILES string of the molecule is CO.Nc1cc(CCCN2CCCCC2)ccc1OCCCCCNc1cc(-c2nc(C=O)cs2)ccn1. The van der Waals surface area contributed by atoms with E-state index in [2.05, 4.69) is 32.3 Å². The first kappa shape index (κ1) is 29.5. The lowest BCUT2D eigenvalue weighted by molar-refractivity contribution is 0.111. The minimum Gasteiger partial charge on any atom is -0.491 e. The van der Waals surface area contributed by atoms with Crippen LogP contribution in [0.3, 0.4) is 0 Å². The average Bonchev–Trinajstić information content (AvgIpc) is 3.45. The molecule has 1 aromatic carbocycles. The predicted molar refractivity (Wildman–Crippen MR) is 156 cm³/mol. The summed E-state index contributed by atoms with van der Waals surface area (Å²) in [6.45, 7) is 5.19. The number of nitrogens with two attached hydrogens (primary N) is 1. The Hall–Kier alpha value is -3.01. The number of aldehydes is 1. The van der Waals surface area contributed by atoms with Crippen molar-refractivity contribution in [2.45, 2.75) is 51.4 Å². The van der Waals surface area contributed by atoms with E-state index in [9.17, 15) is 4.79 Å². The maximum Gasteiger partial charge on any atom is 0.169 e. The van der Waals surface area contributed by atoms with Crippen LogP contribution in [0.1, 0.15) is 61.0 Å². The fraction of sp³-hybridized carbons (Fsp3) is 0.483. The van der Waals surface area contributed by atoms with E-state index < -0.39 is 0 Å². The average molecular weight is 540 g/mol. The largest absolute Gasteiger partial charge is 0.491 e. The van der Waals surface area contributed by atoms with E-state index in [4.69, 9.17) is 15.6 Å². The van der Waals surface area contributed by atoms with Crippen LogP contribution < -0.4 is 15.8 Å². The molecule has 4 N–H and O–H groups in total. The van der Waals surface area contributed by atoms with E-state index in [0.29, 0.717) is 12.3 Å². The van der Waals surface area contributed by atoms with E-state index in [-0.39, 0.29) is 0 Å². The monoisotopic (exact) mass is 539 g/mol. The molecule has 206 valence electrons. The number of nitrogen functional groups attached to an aromatic ring is 1. The summed E-state index contributed by atoms with van der Waals surface area (Å²) < 4.78 is 5.94. The normalized spacial score (nSPS) is 13.4. The Balaban J connectivity index is 0.00000195. The van der Waals surface area contributed by atoms with Gasteiger partial charge in [-0.3, -0.25) is 4.79 Å². The van der Waals surface area contributed by atoms with Crippen LogP contribution in [-0.2, 0) is 6.42 Å². The number of ether oxygens (including phenoxy) is 1. The number of pyridine rings is 1. The fourth-order valence-electron chi connectivity index (χ4n) is 4.51. The number of benzene rings is 1. The van der Waals surface area contributed by atoms with Gasteiger partial charge in [-0.15, -0.1) is 11.3 Å². The molecular formula is C29H41N5O3S. The van der Waals surface area contributed by atoms with Gasteiger partial charge < -0.3 is 25.8 Å². The van der Waals surface area contributed by atoms with Crippen LogP contribution >= 0.6 is 11.3 Å². The molecule has 3 heterocycles. The number of carbonyl (C=O) groups is 1. The van der Waals surface area contributed by atoms with E-state index in [1.54, 1.807) is 11.6 Å². The van der Waals surface area contributed by atoms with Crippen molar-refractivity contribution in [2.75, 3.05) is 50.9 Å². The zero-order valence-electron chi connectivity index (χ0n) is 22.4. The molecule has 0 atom stereocenters. The van der Waals surface area contributed by atoms with Gasteiger partial charge in [0.15, 0.2) is 6.29 Å². The summed E-state index contributed by atoms with van der Waals surface area (Å²) in [6.07, 6.45) is 11.9. The third kappa shape index (κ3) is 9.70. The highest BCUT2D eigenvalue weighted by Gasteiger charge is 2.10. The third-order valence-corrected chi connectivity index (χ3v) is 7.41. The molecule has 1 aliphatic rings. The summed E-state index contributed by atoms with van der Waals surface area (Å²) >= 11 is 1.46. The number of rotatable bonds is 14. The molecule has 9 heteroatoms. The number of thiazole rings is 1. The molecule has 38 heavy (non-hydrogen) atoms. The molecule has 8 nitrogen and oxygen atoms in total. The summed E-state index contributed by atoms with van der Waals surface area (Å²) in [5.74, 6) is 1.60. The lowest BCUT2D eigenvalue weighted by Gasteiger charge is -2.26. The van der Waals surface area contributed by atoms with Crippen LogP contribution in [-0.4, -0.2) is 66.2 Å². The number of aromatic nitrogens is 2. The van der Waals surface area contributed by atoms with E-state index in [1.165, 1.54) is 62.2 Å². The zero-order valence-corrected chi connectivity index (χ0v) is 23.2. The van der Waals surface area contributed by atoms with Gasteiger partial charge >= 0.3 is 0 Å². The quantitative estimate of drug-likeness (QED) is 0.144. The van der Waals surface area contributed by atoms with Gasteiger partial charge in [0.05, 0.1) is 12.3 Å². The smallest absolute Gasteiger partial charge is 0.169 e. The second-order valence-electron chi connectivity index (χ2n) is 9.34. The van der Waals surface area contributed by atoms with Crippen molar-refractivity contribution in [3.63, 3.8) is 0 Å². The van der Waals surface area contributed by atoms with Crippen molar-refractivity contribution in [2.24, 2.45) is 0 Å². The van der Waals surface area contributed by atoms with Gasteiger partial charge in [0.1, 0.15) is 22.3 Å². The lowest BCUT2D eigenvalue weighted by Crippen LogP contribution is -2.30. The van der Waals surface area contributed by atoms with Gasteiger partial charge in [-0.2, -0.15) is 0 Å². The summed E-state index contributed by atoms with van der Waals surface area (Å²) in [6, 6.07) is 10.1. The van der Waals surface area contributed by atoms with Gasteiger partial charge in [-0.1, -0.05) is 12.5 Å².